The molecular formula is C3H3N4O. The third-order valence-electron chi connectivity index (χ3n) is 0.558. The first-order valence-electron chi connectivity index (χ1n) is 1.91. The van der Waals surface area contributed by atoms with Crippen LogP contribution in [0.1, 0.15) is 0 Å². The Morgan fingerprint density at radius 2 is 2.38 bits per heavy atom. The summed E-state index contributed by atoms with van der Waals surface area (Å²) in [5.74, 6) is 0.102. The van der Waals surface area contributed by atoms with Crippen molar-refractivity contribution in [2.24, 2.45) is 0 Å². The van der Waals surface area contributed by atoms with E-state index in [1.165, 1.54) is 6.20 Å². The second-order valence-electron chi connectivity index (χ2n) is 1.16. The topological polar surface area (TPSA) is 84.6 Å². The number of rotatable bonds is 0. The zero-order chi connectivity index (χ0) is 5.98. The van der Waals surface area contributed by atoms with Crippen LogP contribution >= 0.6 is 0 Å². The van der Waals surface area contributed by atoms with E-state index < -0.39 is 6.01 Å². The van der Waals surface area contributed by atoms with Gasteiger partial charge in [0, 0.05) is 0 Å². The van der Waals surface area contributed by atoms with Gasteiger partial charge in [-0.3, -0.25) is 0 Å². The van der Waals surface area contributed by atoms with Crippen LogP contribution < -0.4 is 5.73 Å². The summed E-state index contributed by atoms with van der Waals surface area (Å²) in [4.78, 5) is 3.22. The highest BCUT2D eigenvalue weighted by Gasteiger charge is 1.91. The molecule has 0 amide bonds. The van der Waals surface area contributed by atoms with Crippen LogP contribution in [0, 0.1) is 0 Å². The number of hydrogen-bond donors (Lipinski definition) is 1. The maximum Gasteiger partial charge on any atom is 0.387 e. The average molecular weight is 111 g/mol. The second kappa shape index (κ2) is 1.61. The third-order valence-corrected chi connectivity index (χ3v) is 0.558. The molecule has 41 valence electrons. The predicted molar refractivity (Wildman–Crippen MR) is 24.4 cm³/mol. The van der Waals surface area contributed by atoms with Crippen molar-refractivity contribution in [1.82, 2.24) is 15.2 Å². The van der Waals surface area contributed by atoms with Gasteiger partial charge >= 0.3 is 6.01 Å². The molecule has 5 nitrogen and oxygen atoms in total. The van der Waals surface area contributed by atoms with Crippen LogP contribution in [0.5, 0.6) is 6.01 Å². The van der Waals surface area contributed by atoms with E-state index in [-0.39, 0.29) is 5.82 Å². The van der Waals surface area contributed by atoms with Crippen LogP contribution in [0.3, 0.4) is 0 Å². The molecule has 8 heavy (non-hydrogen) atoms. The number of anilines is 1. The Kier molecular flexibility index (Phi) is 0.957. The van der Waals surface area contributed by atoms with Gasteiger partial charge in [-0.05, 0) is 0 Å². The van der Waals surface area contributed by atoms with Crippen molar-refractivity contribution in [3.63, 3.8) is 0 Å². The quantitative estimate of drug-likeness (QED) is 0.493. The van der Waals surface area contributed by atoms with Gasteiger partial charge in [-0.1, -0.05) is 5.10 Å². The lowest BCUT2D eigenvalue weighted by Gasteiger charge is -1.84. The van der Waals surface area contributed by atoms with E-state index in [0.717, 1.165) is 0 Å². The molecule has 0 unspecified atom stereocenters. The molecule has 5 heteroatoms. The molecule has 0 saturated carbocycles. The van der Waals surface area contributed by atoms with Crippen molar-refractivity contribution in [3.8, 4) is 6.01 Å². The largest absolute Gasteiger partial charge is 0.387 e. The van der Waals surface area contributed by atoms with E-state index >= 15 is 0 Å². The van der Waals surface area contributed by atoms with E-state index in [1.807, 2.05) is 0 Å². The lowest BCUT2D eigenvalue weighted by molar-refractivity contribution is 0.314. The molecule has 2 N–H and O–H groups in total. The number of nitrogen functional groups attached to an aromatic ring is 1. The lowest BCUT2D eigenvalue weighted by Crippen LogP contribution is -1.91. The van der Waals surface area contributed by atoms with Crippen molar-refractivity contribution in [3.05, 3.63) is 6.20 Å². The molecule has 1 aromatic heterocycles. The zero-order valence-corrected chi connectivity index (χ0v) is 3.90. The number of nitrogens with zero attached hydrogens (tertiary/aromatic N) is 3. The SMILES string of the molecule is Nc1cnnc([O])n1. The first-order chi connectivity index (χ1) is 3.79. The summed E-state index contributed by atoms with van der Waals surface area (Å²) in [6.45, 7) is 0. The predicted octanol–water partition coefficient (Wildman–Crippen LogP) is -0.402. The van der Waals surface area contributed by atoms with Crippen molar-refractivity contribution >= 4 is 5.82 Å². The third kappa shape index (κ3) is 0.810. The van der Waals surface area contributed by atoms with Crippen LogP contribution in [0.4, 0.5) is 5.82 Å². The fraction of sp³-hybridized carbons (Fsp3) is 0. The van der Waals surface area contributed by atoms with Gasteiger partial charge in [-0.25, -0.2) is 5.11 Å². The van der Waals surface area contributed by atoms with Gasteiger partial charge in [0.05, 0.1) is 6.20 Å². The van der Waals surface area contributed by atoms with Gasteiger partial charge in [-0.2, -0.15) is 4.98 Å². The van der Waals surface area contributed by atoms with Crippen molar-refractivity contribution < 1.29 is 5.11 Å². The van der Waals surface area contributed by atoms with Gasteiger partial charge in [0.25, 0.3) is 0 Å². The van der Waals surface area contributed by atoms with Crippen LogP contribution in [-0.2, 0) is 5.11 Å². The zero-order valence-electron chi connectivity index (χ0n) is 3.90. The first-order valence-corrected chi connectivity index (χ1v) is 1.91. The molecule has 1 heterocycles. The fourth-order valence-electron chi connectivity index (χ4n) is 0.299. The Bertz CT molecular complexity index is 171. The summed E-state index contributed by atoms with van der Waals surface area (Å²) in [5, 5.41) is 16.4. The van der Waals surface area contributed by atoms with Crippen LogP contribution in [0.25, 0.3) is 0 Å². The van der Waals surface area contributed by atoms with Gasteiger partial charge in [0.1, 0.15) is 5.82 Å². The molecule has 0 saturated heterocycles. The molecule has 0 aromatic carbocycles. The highest BCUT2D eigenvalue weighted by atomic mass is 16.3. The van der Waals surface area contributed by atoms with Crippen molar-refractivity contribution in [2.75, 3.05) is 5.73 Å². The van der Waals surface area contributed by atoms with Crippen molar-refractivity contribution in [1.29, 1.82) is 0 Å². The summed E-state index contributed by atoms with van der Waals surface area (Å²) < 4.78 is 0. The minimum Gasteiger partial charge on any atom is -0.382 e. The molecule has 0 fully saturated rings. The number of hydrogen-bond acceptors (Lipinski definition) is 4. The van der Waals surface area contributed by atoms with E-state index in [4.69, 9.17) is 5.73 Å². The summed E-state index contributed by atoms with van der Waals surface area (Å²) in [6, 6.07) is -0.648. The molecule has 1 aromatic rings. The van der Waals surface area contributed by atoms with Crippen LogP contribution in [-0.4, -0.2) is 15.2 Å². The number of aromatic nitrogens is 3. The van der Waals surface area contributed by atoms with Gasteiger partial charge in [0.2, 0.25) is 0 Å². The fourth-order valence-corrected chi connectivity index (χ4v) is 0.299. The lowest BCUT2D eigenvalue weighted by atomic mass is 10.8. The maximum atomic E-state index is 10.1. The second-order valence-corrected chi connectivity index (χ2v) is 1.16. The van der Waals surface area contributed by atoms with Crippen LogP contribution in [0.2, 0.25) is 0 Å². The van der Waals surface area contributed by atoms with Gasteiger partial charge in [0.15, 0.2) is 0 Å². The smallest absolute Gasteiger partial charge is 0.382 e. The standard InChI is InChI=1S/C3H3N4O/c4-2-1-5-7-3(8)6-2/h1H,(H2,4,6,7). The summed E-state index contributed by atoms with van der Waals surface area (Å²) >= 11 is 0. The monoisotopic (exact) mass is 111 g/mol. The molecule has 0 aliphatic heterocycles. The Balaban J connectivity index is 3.08. The van der Waals surface area contributed by atoms with Gasteiger partial charge < -0.3 is 5.73 Å². The minimum atomic E-state index is -0.648. The number of nitrogens with two attached hydrogens (primary N) is 1. The molecule has 0 aliphatic rings. The maximum absolute atomic E-state index is 10.1. The normalized spacial score (nSPS) is 9.00. The van der Waals surface area contributed by atoms with E-state index in [1.54, 1.807) is 0 Å². The van der Waals surface area contributed by atoms with E-state index in [9.17, 15) is 5.11 Å². The molecular weight excluding hydrogens is 108 g/mol. The average Bonchev–Trinajstić information content (AvgIpc) is 1.64. The molecule has 0 aliphatic carbocycles. The molecule has 0 atom stereocenters. The molecule has 0 bridgehead atoms. The summed E-state index contributed by atoms with van der Waals surface area (Å²) in [7, 11) is 0. The van der Waals surface area contributed by atoms with E-state index in [0.29, 0.717) is 0 Å². The summed E-state index contributed by atoms with van der Waals surface area (Å²) in [6.07, 6.45) is 1.21. The van der Waals surface area contributed by atoms with Crippen molar-refractivity contribution in [2.45, 2.75) is 0 Å². The summed E-state index contributed by atoms with van der Waals surface area (Å²) in [5.41, 5.74) is 5.04. The Labute approximate surface area is 45.2 Å². The Morgan fingerprint density at radius 1 is 1.62 bits per heavy atom. The highest BCUT2D eigenvalue weighted by Crippen LogP contribution is 1.97. The highest BCUT2D eigenvalue weighted by molar-refractivity contribution is 5.22. The minimum absolute atomic E-state index is 0.102. The molecule has 1 radical (unpaired) electrons. The van der Waals surface area contributed by atoms with E-state index in [2.05, 4.69) is 15.2 Å². The molecule has 0 spiro atoms. The molecule has 1 rings (SSSR count). The Morgan fingerprint density at radius 3 is 2.75 bits per heavy atom. The van der Waals surface area contributed by atoms with Gasteiger partial charge in [-0.15, -0.1) is 5.10 Å². The first kappa shape index (κ1) is 4.76. The Hall–Kier alpha value is -1.39. The van der Waals surface area contributed by atoms with Crippen LogP contribution in [0.15, 0.2) is 6.20 Å².